The predicted octanol–water partition coefficient (Wildman–Crippen LogP) is 1.84. The number of imide groups is 1. The van der Waals surface area contributed by atoms with Gasteiger partial charge < -0.3 is 10.0 Å². The normalized spacial score (nSPS) is 11.9. The first kappa shape index (κ1) is 17.4. The summed E-state index contributed by atoms with van der Waals surface area (Å²) in [4.78, 5) is 35.9. The highest BCUT2D eigenvalue weighted by atomic mass is 16.4. The number of carboxylic acid groups (broad SMARTS) is 1. The van der Waals surface area contributed by atoms with Crippen LogP contribution in [0.25, 0.3) is 0 Å². The molecular weight excluding hydrogens is 248 g/mol. The molecule has 0 fully saturated rings. The topological polar surface area (TPSA) is 86.7 Å². The van der Waals surface area contributed by atoms with Crippen molar-refractivity contribution in [1.29, 1.82) is 0 Å². The Kier molecular flexibility index (Phi) is 5.53. The van der Waals surface area contributed by atoms with E-state index in [4.69, 9.17) is 5.11 Å². The lowest BCUT2D eigenvalue weighted by Gasteiger charge is -2.34. The largest absolute Gasteiger partial charge is 0.481 e. The van der Waals surface area contributed by atoms with Gasteiger partial charge in [0.2, 0.25) is 5.91 Å². The van der Waals surface area contributed by atoms with Crippen LogP contribution >= 0.6 is 0 Å². The molecule has 0 aliphatic carbocycles. The molecule has 0 aromatic carbocycles. The Morgan fingerprint density at radius 3 is 2.00 bits per heavy atom. The number of amides is 3. The highest BCUT2D eigenvalue weighted by molar-refractivity contribution is 5.96. The van der Waals surface area contributed by atoms with Crippen molar-refractivity contribution in [3.63, 3.8) is 0 Å². The summed E-state index contributed by atoms with van der Waals surface area (Å²) >= 11 is 0. The molecule has 0 bridgehead atoms. The van der Waals surface area contributed by atoms with Gasteiger partial charge in [-0.1, -0.05) is 6.92 Å². The van der Waals surface area contributed by atoms with Crippen LogP contribution in [0.1, 0.15) is 47.5 Å². The molecule has 0 rings (SSSR count). The highest BCUT2D eigenvalue weighted by Gasteiger charge is 2.32. The van der Waals surface area contributed by atoms with Crippen LogP contribution in [0.15, 0.2) is 0 Å². The molecule has 19 heavy (non-hydrogen) atoms. The number of rotatable bonds is 5. The van der Waals surface area contributed by atoms with Gasteiger partial charge in [-0.3, -0.25) is 14.9 Å². The minimum absolute atomic E-state index is 0.242. The molecule has 0 saturated heterocycles. The highest BCUT2D eigenvalue weighted by Crippen LogP contribution is 2.20. The van der Waals surface area contributed by atoms with Crippen molar-refractivity contribution < 1.29 is 19.5 Å². The molecular formula is C13H24N2O4. The van der Waals surface area contributed by atoms with Crippen molar-refractivity contribution in [2.75, 3.05) is 7.05 Å². The van der Waals surface area contributed by atoms with Gasteiger partial charge in [-0.15, -0.1) is 0 Å². The van der Waals surface area contributed by atoms with Gasteiger partial charge in [0.15, 0.2) is 0 Å². The molecule has 0 spiro atoms. The number of hydrogen-bond acceptors (Lipinski definition) is 3. The van der Waals surface area contributed by atoms with E-state index in [2.05, 4.69) is 5.32 Å². The van der Waals surface area contributed by atoms with E-state index in [9.17, 15) is 14.4 Å². The van der Waals surface area contributed by atoms with Crippen LogP contribution in [0.2, 0.25) is 0 Å². The zero-order valence-corrected chi connectivity index (χ0v) is 12.5. The predicted molar refractivity (Wildman–Crippen MR) is 71.7 cm³/mol. The molecule has 0 atom stereocenters. The first-order valence-corrected chi connectivity index (χ1v) is 6.25. The molecule has 6 nitrogen and oxygen atoms in total. The maximum Gasteiger partial charge on any atom is 0.324 e. The summed E-state index contributed by atoms with van der Waals surface area (Å²) in [7, 11) is 1.61. The van der Waals surface area contributed by atoms with Crippen molar-refractivity contribution in [3.05, 3.63) is 0 Å². The minimum Gasteiger partial charge on any atom is -0.481 e. The van der Waals surface area contributed by atoms with Crippen LogP contribution in [0.4, 0.5) is 4.79 Å². The average molecular weight is 272 g/mol. The summed E-state index contributed by atoms with van der Waals surface area (Å²) < 4.78 is 0. The van der Waals surface area contributed by atoms with E-state index in [0.717, 1.165) is 6.42 Å². The average Bonchev–Trinajstić information content (AvgIpc) is 2.26. The third-order valence-electron chi connectivity index (χ3n) is 3.51. The van der Waals surface area contributed by atoms with Gasteiger partial charge in [-0.05, 0) is 34.1 Å². The second-order valence-electron chi connectivity index (χ2n) is 5.94. The van der Waals surface area contributed by atoms with Gasteiger partial charge in [-0.2, -0.15) is 0 Å². The van der Waals surface area contributed by atoms with E-state index in [0.29, 0.717) is 0 Å². The van der Waals surface area contributed by atoms with E-state index in [1.807, 2.05) is 20.8 Å². The smallest absolute Gasteiger partial charge is 0.324 e. The quantitative estimate of drug-likeness (QED) is 0.799. The van der Waals surface area contributed by atoms with Crippen molar-refractivity contribution in [3.8, 4) is 0 Å². The van der Waals surface area contributed by atoms with Crippen LogP contribution in [0, 0.1) is 5.41 Å². The van der Waals surface area contributed by atoms with Crippen molar-refractivity contribution in [1.82, 2.24) is 10.2 Å². The summed E-state index contributed by atoms with van der Waals surface area (Å²) in [5.41, 5.74) is -1.56. The number of nitrogens with one attached hydrogen (secondary N) is 1. The van der Waals surface area contributed by atoms with E-state index in [1.54, 1.807) is 7.05 Å². The molecule has 0 aliphatic rings. The van der Waals surface area contributed by atoms with Gasteiger partial charge in [0.05, 0.1) is 5.41 Å². The third kappa shape index (κ3) is 4.89. The van der Waals surface area contributed by atoms with Gasteiger partial charge in [0, 0.05) is 19.0 Å². The molecule has 110 valence electrons. The molecule has 0 aromatic rings. The molecule has 0 radical (unpaired) electrons. The fourth-order valence-corrected chi connectivity index (χ4v) is 1.24. The summed E-state index contributed by atoms with van der Waals surface area (Å²) in [6.45, 7) is 8.60. The van der Waals surface area contributed by atoms with E-state index >= 15 is 0 Å². The van der Waals surface area contributed by atoms with Crippen molar-refractivity contribution in [2.24, 2.45) is 5.41 Å². The van der Waals surface area contributed by atoms with Crippen LogP contribution in [0.5, 0.6) is 0 Å². The Morgan fingerprint density at radius 1 is 1.16 bits per heavy atom. The van der Waals surface area contributed by atoms with Crippen LogP contribution in [0.3, 0.4) is 0 Å². The second kappa shape index (κ2) is 6.04. The van der Waals surface area contributed by atoms with Crippen molar-refractivity contribution in [2.45, 2.75) is 53.0 Å². The molecule has 0 aromatic heterocycles. The second-order valence-corrected chi connectivity index (χ2v) is 5.94. The van der Waals surface area contributed by atoms with E-state index in [1.165, 1.54) is 18.7 Å². The summed E-state index contributed by atoms with van der Waals surface area (Å²) in [5.74, 6) is -1.66. The third-order valence-corrected chi connectivity index (χ3v) is 3.51. The zero-order chi connectivity index (χ0) is 15.4. The molecule has 0 heterocycles. The number of carbonyl (C=O) groups excluding carboxylic acids is 2. The Balaban J connectivity index is 4.59. The first-order valence-electron chi connectivity index (χ1n) is 6.25. The lowest BCUT2D eigenvalue weighted by Crippen LogP contribution is -2.51. The minimum atomic E-state index is -1.19. The monoisotopic (exact) mass is 272 g/mol. The van der Waals surface area contributed by atoms with Crippen LogP contribution in [-0.2, 0) is 9.59 Å². The van der Waals surface area contributed by atoms with Gasteiger partial charge >= 0.3 is 12.0 Å². The molecule has 0 unspecified atom stereocenters. The Morgan fingerprint density at radius 2 is 1.63 bits per heavy atom. The van der Waals surface area contributed by atoms with Crippen LogP contribution in [-0.4, -0.2) is 40.5 Å². The van der Waals surface area contributed by atoms with Crippen molar-refractivity contribution >= 4 is 17.9 Å². The summed E-state index contributed by atoms with van der Waals surface area (Å²) in [5, 5.41) is 11.1. The Hall–Kier alpha value is -1.59. The number of aliphatic carboxylic acids is 1. The number of hydrogen-bond donors (Lipinski definition) is 2. The SMILES string of the molecule is CCC(C)(C)N(C)C(=O)NC(=O)CC(C)(C)C(=O)O. The lowest BCUT2D eigenvalue weighted by atomic mass is 9.89. The number of carboxylic acids is 1. The number of carbonyl (C=O) groups is 3. The van der Waals surface area contributed by atoms with E-state index < -0.39 is 23.3 Å². The zero-order valence-electron chi connectivity index (χ0n) is 12.5. The van der Waals surface area contributed by atoms with Crippen LogP contribution < -0.4 is 5.32 Å². The molecule has 3 amide bonds. The Labute approximate surface area is 114 Å². The molecule has 6 heteroatoms. The maximum absolute atomic E-state index is 11.9. The van der Waals surface area contributed by atoms with Gasteiger partial charge in [0.1, 0.15) is 0 Å². The number of nitrogens with zero attached hydrogens (tertiary/aromatic N) is 1. The Bertz CT molecular complexity index is 375. The summed E-state index contributed by atoms with van der Waals surface area (Å²) in [6, 6.07) is -0.516. The summed E-state index contributed by atoms with van der Waals surface area (Å²) in [6.07, 6.45) is 0.500. The molecule has 2 N–H and O–H groups in total. The number of urea groups is 1. The standard InChI is InChI=1S/C13H24N2O4/c1-7-13(4,5)15(6)11(19)14-9(16)8-12(2,3)10(17)18/h7-8H2,1-6H3,(H,17,18)(H,14,16,19). The fourth-order valence-electron chi connectivity index (χ4n) is 1.24. The maximum atomic E-state index is 11.9. The van der Waals surface area contributed by atoms with Gasteiger partial charge in [-0.25, -0.2) is 4.79 Å². The van der Waals surface area contributed by atoms with E-state index in [-0.39, 0.29) is 12.0 Å². The lowest BCUT2D eigenvalue weighted by molar-refractivity contribution is -0.149. The molecule has 0 aliphatic heterocycles. The fraction of sp³-hybridized carbons (Fsp3) is 0.769. The first-order chi connectivity index (χ1) is 8.44. The van der Waals surface area contributed by atoms with Gasteiger partial charge in [0.25, 0.3) is 0 Å². The molecule has 0 saturated carbocycles.